The lowest BCUT2D eigenvalue weighted by Gasteiger charge is -2.20. The SMILES string of the molecule is Cc1ccc(NCc2cc(C(N)=O)cc(OC(C)C)c2OCC(=O)O)c(C(=O)Nc2ccc(/C(N)=N/O)cc2)c1. The molecule has 2 amide bonds. The van der Waals surface area contributed by atoms with Crippen LogP contribution in [0.4, 0.5) is 11.4 Å². The summed E-state index contributed by atoms with van der Waals surface area (Å²) in [4.78, 5) is 36.4. The van der Waals surface area contributed by atoms with E-state index in [0.29, 0.717) is 28.1 Å². The van der Waals surface area contributed by atoms with Crippen LogP contribution < -0.4 is 31.6 Å². The quantitative estimate of drug-likeness (QED) is 0.0849. The third-order valence-electron chi connectivity index (χ3n) is 5.55. The van der Waals surface area contributed by atoms with E-state index in [4.69, 9.17) is 31.3 Å². The zero-order valence-corrected chi connectivity index (χ0v) is 22.2. The summed E-state index contributed by atoms with van der Waals surface area (Å²) in [5, 5.41) is 26.9. The van der Waals surface area contributed by atoms with Crippen molar-refractivity contribution in [3.8, 4) is 11.5 Å². The first kappa shape index (κ1) is 29.3. The molecule has 210 valence electrons. The van der Waals surface area contributed by atoms with Crippen LogP contribution in [0.25, 0.3) is 0 Å². The minimum Gasteiger partial charge on any atom is -0.487 e. The fourth-order valence-corrected chi connectivity index (χ4v) is 3.74. The van der Waals surface area contributed by atoms with E-state index in [1.165, 1.54) is 12.1 Å². The van der Waals surface area contributed by atoms with Crippen molar-refractivity contribution < 1.29 is 34.2 Å². The fraction of sp³-hybridized carbons (Fsp3) is 0.214. The standard InChI is InChI=1S/C28H31N5O7/c1-15(2)40-23-12-18(27(30)36)11-19(25(23)39-14-24(34)35)13-31-22-9-4-16(3)10-21(22)28(37)32-20-7-5-17(6-8-20)26(29)33-38/h4-12,15,31,38H,13-14H2,1-3H3,(H2,29,33)(H2,30,36)(H,32,37)(H,34,35). The van der Waals surface area contributed by atoms with Gasteiger partial charge in [0.25, 0.3) is 5.91 Å². The number of carbonyl (C=O) groups excluding carboxylic acids is 2. The molecule has 3 aromatic carbocycles. The summed E-state index contributed by atoms with van der Waals surface area (Å²) in [7, 11) is 0. The molecule has 0 saturated heterocycles. The summed E-state index contributed by atoms with van der Waals surface area (Å²) >= 11 is 0. The van der Waals surface area contributed by atoms with Gasteiger partial charge in [-0.05, 0) is 69.3 Å². The molecule has 12 nitrogen and oxygen atoms in total. The highest BCUT2D eigenvalue weighted by atomic mass is 16.5. The normalized spacial score (nSPS) is 11.2. The molecule has 40 heavy (non-hydrogen) atoms. The molecule has 0 aliphatic rings. The molecule has 0 fully saturated rings. The van der Waals surface area contributed by atoms with Crippen LogP contribution in [0.1, 0.15) is 51.3 Å². The Morgan fingerprint density at radius 1 is 1.00 bits per heavy atom. The van der Waals surface area contributed by atoms with Crippen molar-refractivity contribution in [1.82, 2.24) is 0 Å². The van der Waals surface area contributed by atoms with Crippen LogP contribution in [0.5, 0.6) is 11.5 Å². The number of amides is 2. The number of carboxylic acid groups (broad SMARTS) is 1. The molecular weight excluding hydrogens is 518 g/mol. The van der Waals surface area contributed by atoms with Gasteiger partial charge in [-0.2, -0.15) is 0 Å². The number of nitrogens with zero attached hydrogens (tertiary/aromatic N) is 1. The maximum Gasteiger partial charge on any atom is 0.341 e. The lowest BCUT2D eigenvalue weighted by Crippen LogP contribution is -2.18. The number of primary amides is 1. The second kappa shape index (κ2) is 13.0. The number of benzene rings is 3. The van der Waals surface area contributed by atoms with Crippen molar-refractivity contribution in [2.75, 3.05) is 17.2 Å². The Balaban J connectivity index is 1.92. The Kier molecular flexibility index (Phi) is 9.52. The molecule has 0 radical (unpaired) electrons. The lowest BCUT2D eigenvalue weighted by atomic mass is 10.1. The fourth-order valence-electron chi connectivity index (χ4n) is 3.74. The molecule has 0 spiro atoms. The Hall–Kier alpha value is -5.26. The van der Waals surface area contributed by atoms with E-state index in [9.17, 15) is 14.4 Å². The minimum absolute atomic E-state index is 0.0440. The van der Waals surface area contributed by atoms with E-state index in [2.05, 4.69) is 15.8 Å². The van der Waals surface area contributed by atoms with Gasteiger partial charge in [-0.15, -0.1) is 0 Å². The number of aryl methyl sites for hydroxylation is 1. The number of carboxylic acids is 1. The highest BCUT2D eigenvalue weighted by molar-refractivity contribution is 6.08. The van der Waals surface area contributed by atoms with E-state index in [0.717, 1.165) is 5.56 Å². The third-order valence-corrected chi connectivity index (χ3v) is 5.55. The van der Waals surface area contributed by atoms with Gasteiger partial charge >= 0.3 is 5.97 Å². The van der Waals surface area contributed by atoms with E-state index in [1.807, 2.05) is 13.0 Å². The van der Waals surface area contributed by atoms with Crippen LogP contribution >= 0.6 is 0 Å². The molecule has 0 aliphatic carbocycles. The number of aliphatic carboxylic acids is 1. The van der Waals surface area contributed by atoms with Crippen molar-refractivity contribution in [3.63, 3.8) is 0 Å². The molecule has 8 N–H and O–H groups in total. The number of ether oxygens (including phenoxy) is 2. The van der Waals surface area contributed by atoms with Crippen LogP contribution in [0, 0.1) is 6.92 Å². The number of rotatable bonds is 12. The van der Waals surface area contributed by atoms with E-state index in [-0.39, 0.29) is 35.5 Å². The molecule has 0 atom stereocenters. The number of nitrogens with two attached hydrogens (primary N) is 2. The predicted octanol–water partition coefficient (Wildman–Crippen LogP) is 3.30. The molecule has 3 rings (SSSR count). The molecule has 0 saturated carbocycles. The maximum absolute atomic E-state index is 13.2. The molecule has 0 aliphatic heterocycles. The van der Waals surface area contributed by atoms with Crippen LogP contribution in [0.15, 0.2) is 59.8 Å². The van der Waals surface area contributed by atoms with Gasteiger partial charge in [0.1, 0.15) is 0 Å². The first-order chi connectivity index (χ1) is 19.0. The van der Waals surface area contributed by atoms with Gasteiger partial charge in [0.2, 0.25) is 5.91 Å². The van der Waals surface area contributed by atoms with Gasteiger partial charge in [0.05, 0.1) is 11.7 Å². The van der Waals surface area contributed by atoms with E-state index >= 15 is 0 Å². The Morgan fingerprint density at radius 3 is 2.30 bits per heavy atom. The van der Waals surface area contributed by atoms with Crippen molar-refractivity contribution in [3.05, 3.63) is 82.4 Å². The summed E-state index contributed by atoms with van der Waals surface area (Å²) in [5.74, 6) is -2.05. The second-order valence-electron chi connectivity index (χ2n) is 9.10. The van der Waals surface area contributed by atoms with Gasteiger partial charge in [-0.3, -0.25) is 9.59 Å². The maximum atomic E-state index is 13.2. The van der Waals surface area contributed by atoms with Crippen molar-refractivity contribution >= 4 is 35.0 Å². The number of hydrogen-bond donors (Lipinski definition) is 6. The van der Waals surface area contributed by atoms with Crippen molar-refractivity contribution in [2.45, 2.75) is 33.4 Å². The summed E-state index contributed by atoms with van der Waals surface area (Å²) in [6.07, 6.45) is -0.301. The minimum atomic E-state index is -1.19. The molecule has 0 unspecified atom stereocenters. The summed E-state index contributed by atoms with van der Waals surface area (Å²) < 4.78 is 11.3. The Morgan fingerprint density at radius 2 is 1.70 bits per heavy atom. The highest BCUT2D eigenvalue weighted by Crippen LogP contribution is 2.35. The zero-order valence-electron chi connectivity index (χ0n) is 22.2. The topological polar surface area (TPSA) is 199 Å². The van der Waals surface area contributed by atoms with Gasteiger partial charge in [-0.1, -0.05) is 16.8 Å². The number of nitrogens with one attached hydrogen (secondary N) is 2. The molecule has 0 heterocycles. The summed E-state index contributed by atoms with van der Waals surface area (Å²) in [6.45, 7) is 4.80. The van der Waals surface area contributed by atoms with E-state index < -0.39 is 24.4 Å². The van der Waals surface area contributed by atoms with Gasteiger partial charge in [-0.25, -0.2) is 4.79 Å². The van der Waals surface area contributed by atoms with E-state index in [1.54, 1.807) is 50.2 Å². The van der Waals surface area contributed by atoms with Crippen LogP contribution in [-0.4, -0.2) is 46.6 Å². The second-order valence-corrected chi connectivity index (χ2v) is 9.10. The smallest absolute Gasteiger partial charge is 0.341 e. The largest absolute Gasteiger partial charge is 0.487 e. The lowest BCUT2D eigenvalue weighted by molar-refractivity contribution is -0.139. The van der Waals surface area contributed by atoms with Gasteiger partial charge in [0, 0.05) is 34.6 Å². The van der Waals surface area contributed by atoms with Crippen LogP contribution in [0.2, 0.25) is 0 Å². The zero-order chi connectivity index (χ0) is 29.4. The van der Waals surface area contributed by atoms with Crippen LogP contribution in [0.3, 0.4) is 0 Å². The summed E-state index contributed by atoms with van der Waals surface area (Å²) in [5.41, 5.74) is 14.3. The number of amidine groups is 1. The number of oxime groups is 1. The highest BCUT2D eigenvalue weighted by Gasteiger charge is 2.20. The Bertz CT molecular complexity index is 1440. The first-order valence-corrected chi connectivity index (χ1v) is 12.2. The average Bonchev–Trinajstić information content (AvgIpc) is 2.90. The molecular formula is C28H31N5O7. The van der Waals surface area contributed by atoms with Crippen molar-refractivity contribution in [2.24, 2.45) is 16.6 Å². The first-order valence-electron chi connectivity index (χ1n) is 12.2. The molecule has 12 heteroatoms. The predicted molar refractivity (Wildman–Crippen MR) is 149 cm³/mol. The van der Waals surface area contributed by atoms with Crippen LogP contribution in [-0.2, 0) is 11.3 Å². The Labute approximate surface area is 230 Å². The third kappa shape index (κ3) is 7.63. The van der Waals surface area contributed by atoms with Gasteiger partial charge in [0.15, 0.2) is 23.9 Å². The average molecular weight is 550 g/mol. The molecule has 0 bridgehead atoms. The monoisotopic (exact) mass is 549 g/mol. The molecule has 3 aromatic rings. The number of anilines is 2. The van der Waals surface area contributed by atoms with Gasteiger partial charge < -0.3 is 41.9 Å². The number of carbonyl (C=O) groups is 3. The number of hydrogen-bond acceptors (Lipinski definition) is 8. The molecule has 0 aromatic heterocycles. The van der Waals surface area contributed by atoms with Crippen molar-refractivity contribution in [1.29, 1.82) is 0 Å². The summed E-state index contributed by atoms with van der Waals surface area (Å²) in [6, 6.07) is 14.6.